The number of hydrogen-bond donors (Lipinski definition) is 2. The maximum absolute atomic E-state index is 12.2. The van der Waals surface area contributed by atoms with Crippen LogP contribution in [0.5, 0.6) is 0 Å². The molecule has 0 aliphatic carbocycles. The molecule has 1 aromatic heterocycles. The first-order chi connectivity index (χ1) is 9.61. The van der Waals surface area contributed by atoms with E-state index in [2.05, 4.69) is 14.9 Å². The Kier molecular flexibility index (Phi) is 3.81. The maximum Gasteiger partial charge on any atom is 0.263 e. The molecule has 2 aromatic rings. The van der Waals surface area contributed by atoms with E-state index in [-0.39, 0.29) is 15.6 Å². The Morgan fingerprint density at radius 1 is 1.00 bits per heavy atom. The predicted molar refractivity (Wildman–Crippen MR) is 78.4 cm³/mol. The zero-order valence-electron chi connectivity index (χ0n) is 11.7. The number of anilines is 1. The number of aromatic amines is 1. The molecule has 0 aliphatic rings. The molecular formula is C12H15N3O4S2. The first kappa shape index (κ1) is 15.5. The third-order valence-electron chi connectivity index (χ3n) is 3.05. The van der Waals surface area contributed by atoms with Gasteiger partial charge in [0.05, 0.1) is 9.79 Å². The lowest BCUT2D eigenvalue weighted by atomic mass is 10.3. The number of H-pyrrole nitrogens is 1. The highest BCUT2D eigenvalue weighted by atomic mass is 32.2. The molecule has 1 heterocycles. The summed E-state index contributed by atoms with van der Waals surface area (Å²) in [6, 6.07) is 5.00. The van der Waals surface area contributed by atoms with Crippen molar-refractivity contribution in [1.82, 2.24) is 10.2 Å². The zero-order chi connectivity index (χ0) is 15.8. The van der Waals surface area contributed by atoms with E-state index in [0.717, 1.165) is 11.9 Å². The number of aryl methyl sites for hydroxylation is 1. The van der Waals surface area contributed by atoms with E-state index >= 15 is 0 Å². The van der Waals surface area contributed by atoms with Crippen LogP contribution < -0.4 is 4.72 Å². The van der Waals surface area contributed by atoms with Crippen molar-refractivity contribution in [3.63, 3.8) is 0 Å². The molecule has 0 unspecified atom stereocenters. The molecule has 0 saturated carbocycles. The van der Waals surface area contributed by atoms with Gasteiger partial charge in [0.1, 0.15) is 0 Å². The van der Waals surface area contributed by atoms with Crippen LogP contribution in [0.2, 0.25) is 0 Å². The quantitative estimate of drug-likeness (QED) is 0.877. The molecule has 0 amide bonds. The number of rotatable bonds is 4. The minimum absolute atomic E-state index is 0.0325. The van der Waals surface area contributed by atoms with Gasteiger partial charge in [-0.25, -0.2) is 16.8 Å². The second-order valence-electron chi connectivity index (χ2n) is 4.67. The smallest absolute Gasteiger partial charge is 0.263 e. The molecular weight excluding hydrogens is 314 g/mol. The number of nitrogens with one attached hydrogen (secondary N) is 2. The van der Waals surface area contributed by atoms with E-state index in [4.69, 9.17) is 0 Å². The summed E-state index contributed by atoms with van der Waals surface area (Å²) in [5, 5.41) is 6.56. The average molecular weight is 329 g/mol. The Morgan fingerprint density at radius 3 is 1.95 bits per heavy atom. The molecule has 21 heavy (non-hydrogen) atoms. The van der Waals surface area contributed by atoms with Crippen LogP contribution >= 0.6 is 0 Å². The topological polar surface area (TPSA) is 109 Å². The molecule has 0 fully saturated rings. The molecule has 114 valence electrons. The number of sulfonamides is 1. The normalized spacial score (nSPS) is 12.3. The second-order valence-corrected chi connectivity index (χ2v) is 8.37. The van der Waals surface area contributed by atoms with Crippen LogP contribution in [0.1, 0.15) is 11.3 Å². The number of hydrogen-bond acceptors (Lipinski definition) is 5. The number of nitrogens with zero attached hydrogens (tertiary/aromatic N) is 1. The van der Waals surface area contributed by atoms with Crippen LogP contribution in [-0.2, 0) is 19.9 Å². The summed E-state index contributed by atoms with van der Waals surface area (Å²) in [6.07, 6.45) is 1.06. The van der Waals surface area contributed by atoms with Crippen molar-refractivity contribution in [2.75, 3.05) is 11.0 Å². The van der Waals surface area contributed by atoms with Crippen LogP contribution in [0.4, 0.5) is 5.82 Å². The van der Waals surface area contributed by atoms with E-state index in [9.17, 15) is 16.8 Å². The molecule has 0 spiro atoms. The number of benzene rings is 1. The fourth-order valence-corrected chi connectivity index (χ4v) is 3.33. The van der Waals surface area contributed by atoms with Gasteiger partial charge in [-0.2, -0.15) is 5.10 Å². The van der Waals surface area contributed by atoms with Crippen molar-refractivity contribution < 1.29 is 16.8 Å². The molecule has 9 heteroatoms. The molecule has 0 bridgehead atoms. The summed E-state index contributed by atoms with van der Waals surface area (Å²) in [7, 11) is -7.17. The Hall–Kier alpha value is -1.87. The Labute approximate surface area is 123 Å². The fourth-order valence-electron chi connectivity index (χ4n) is 1.64. The van der Waals surface area contributed by atoms with Gasteiger partial charge in [0.15, 0.2) is 15.7 Å². The van der Waals surface area contributed by atoms with Crippen LogP contribution in [0.25, 0.3) is 0 Å². The monoisotopic (exact) mass is 329 g/mol. The molecule has 0 aliphatic heterocycles. The Bertz CT molecular complexity index is 866. The van der Waals surface area contributed by atoms with E-state index in [0.29, 0.717) is 5.56 Å². The van der Waals surface area contributed by atoms with Gasteiger partial charge in [0, 0.05) is 17.5 Å². The van der Waals surface area contributed by atoms with Gasteiger partial charge in [0.2, 0.25) is 0 Å². The zero-order valence-corrected chi connectivity index (χ0v) is 13.3. The molecule has 2 rings (SSSR count). The summed E-state index contributed by atoms with van der Waals surface area (Å²) < 4.78 is 49.5. The highest BCUT2D eigenvalue weighted by Crippen LogP contribution is 2.20. The first-order valence-electron chi connectivity index (χ1n) is 5.96. The molecule has 7 nitrogen and oxygen atoms in total. The summed E-state index contributed by atoms with van der Waals surface area (Å²) in [5.74, 6) is 0.222. The highest BCUT2D eigenvalue weighted by molar-refractivity contribution is 7.92. The van der Waals surface area contributed by atoms with Crippen molar-refractivity contribution in [2.45, 2.75) is 23.6 Å². The first-order valence-corrected chi connectivity index (χ1v) is 9.33. The number of aromatic nitrogens is 2. The van der Waals surface area contributed by atoms with E-state index in [1.54, 1.807) is 13.8 Å². The maximum atomic E-state index is 12.2. The predicted octanol–water partition coefficient (Wildman–Crippen LogP) is 1.23. The largest absolute Gasteiger partial charge is 0.280 e. The van der Waals surface area contributed by atoms with Crippen molar-refractivity contribution >= 4 is 25.7 Å². The van der Waals surface area contributed by atoms with Crippen molar-refractivity contribution in [3.05, 3.63) is 35.5 Å². The molecule has 2 N–H and O–H groups in total. The van der Waals surface area contributed by atoms with E-state index in [1.807, 2.05) is 0 Å². The summed E-state index contributed by atoms with van der Waals surface area (Å²) in [4.78, 5) is 0.0307. The lowest BCUT2D eigenvalue weighted by Crippen LogP contribution is -2.14. The standard InChI is InChI=1S/C12H15N3O4S2/c1-8-9(2)13-14-12(8)15-21(18,19)11-6-4-10(5-7-11)20(3,16)17/h4-7H,1-3H3,(H2,13,14,15). The lowest BCUT2D eigenvalue weighted by molar-refractivity contribution is 0.597. The summed E-state index contributed by atoms with van der Waals surface area (Å²) in [5.41, 5.74) is 1.46. The van der Waals surface area contributed by atoms with Crippen molar-refractivity contribution in [2.24, 2.45) is 0 Å². The van der Waals surface area contributed by atoms with Crippen molar-refractivity contribution in [3.8, 4) is 0 Å². The molecule has 0 radical (unpaired) electrons. The van der Waals surface area contributed by atoms with Crippen LogP contribution in [0.3, 0.4) is 0 Å². The van der Waals surface area contributed by atoms with Crippen LogP contribution in [0, 0.1) is 13.8 Å². The van der Waals surface area contributed by atoms with E-state index in [1.165, 1.54) is 24.3 Å². The molecule has 0 atom stereocenters. The van der Waals surface area contributed by atoms with Gasteiger partial charge >= 0.3 is 0 Å². The third kappa shape index (κ3) is 3.24. The molecule has 0 saturated heterocycles. The minimum atomic E-state index is -3.81. The summed E-state index contributed by atoms with van der Waals surface area (Å²) >= 11 is 0. The van der Waals surface area contributed by atoms with Crippen molar-refractivity contribution in [1.29, 1.82) is 0 Å². The fraction of sp³-hybridized carbons (Fsp3) is 0.250. The summed E-state index contributed by atoms with van der Waals surface area (Å²) in [6.45, 7) is 3.52. The van der Waals surface area contributed by atoms with Gasteiger partial charge < -0.3 is 0 Å². The van der Waals surface area contributed by atoms with E-state index < -0.39 is 19.9 Å². The molecule has 1 aromatic carbocycles. The van der Waals surface area contributed by atoms with Crippen LogP contribution in [-0.4, -0.2) is 33.3 Å². The Morgan fingerprint density at radius 2 is 1.52 bits per heavy atom. The van der Waals surface area contributed by atoms with Gasteiger partial charge in [-0.3, -0.25) is 9.82 Å². The average Bonchev–Trinajstić information content (AvgIpc) is 2.69. The SMILES string of the molecule is Cc1[nH]nc(NS(=O)(=O)c2ccc(S(C)(=O)=O)cc2)c1C. The van der Waals surface area contributed by atoms with Gasteiger partial charge in [-0.05, 0) is 38.1 Å². The number of sulfone groups is 1. The lowest BCUT2D eigenvalue weighted by Gasteiger charge is -2.07. The third-order valence-corrected chi connectivity index (χ3v) is 5.53. The van der Waals surface area contributed by atoms with Crippen LogP contribution in [0.15, 0.2) is 34.1 Å². The van der Waals surface area contributed by atoms with Gasteiger partial charge in [-0.15, -0.1) is 0 Å². The Balaban J connectivity index is 2.34. The minimum Gasteiger partial charge on any atom is -0.280 e. The second kappa shape index (κ2) is 5.15. The van der Waals surface area contributed by atoms with Gasteiger partial charge in [-0.1, -0.05) is 0 Å². The van der Waals surface area contributed by atoms with Gasteiger partial charge in [0.25, 0.3) is 10.0 Å². The highest BCUT2D eigenvalue weighted by Gasteiger charge is 2.18.